The van der Waals surface area contributed by atoms with Gasteiger partial charge in [-0.2, -0.15) is 0 Å². The second kappa shape index (κ2) is 7.49. The smallest absolute Gasteiger partial charge is 0.0465 e. The number of nitrogens with one attached hydrogen (secondary N) is 1. The summed E-state index contributed by atoms with van der Waals surface area (Å²) in [4.78, 5) is 2.52. The van der Waals surface area contributed by atoms with E-state index in [9.17, 15) is 0 Å². The van der Waals surface area contributed by atoms with Crippen molar-refractivity contribution in [3.63, 3.8) is 0 Å². The standard InChI is InChI=1S/C15H22Cl2N2/c1-2-19-7-5-12(6-8-19)10-18-11-13-3-4-14(16)9-15(13)17/h3-4,9,12,18H,2,5-8,10-11H2,1H3. The molecule has 1 heterocycles. The molecule has 0 atom stereocenters. The van der Waals surface area contributed by atoms with Gasteiger partial charge in [0.25, 0.3) is 0 Å². The van der Waals surface area contributed by atoms with Crippen molar-refractivity contribution in [3.8, 4) is 0 Å². The van der Waals surface area contributed by atoms with Crippen LogP contribution in [0.3, 0.4) is 0 Å². The molecule has 106 valence electrons. The molecule has 0 radical (unpaired) electrons. The fourth-order valence-corrected chi connectivity index (χ4v) is 3.06. The minimum Gasteiger partial charge on any atom is -0.312 e. The molecule has 1 aliphatic rings. The van der Waals surface area contributed by atoms with Crippen LogP contribution in [0, 0.1) is 5.92 Å². The van der Waals surface area contributed by atoms with Crippen molar-refractivity contribution in [2.45, 2.75) is 26.3 Å². The molecule has 0 unspecified atom stereocenters. The maximum absolute atomic E-state index is 6.16. The van der Waals surface area contributed by atoms with Crippen molar-refractivity contribution in [3.05, 3.63) is 33.8 Å². The normalized spacial score (nSPS) is 17.8. The average molecular weight is 301 g/mol. The van der Waals surface area contributed by atoms with Crippen LogP contribution in [0.5, 0.6) is 0 Å². The Morgan fingerprint density at radius 2 is 2.00 bits per heavy atom. The summed E-state index contributed by atoms with van der Waals surface area (Å²) >= 11 is 12.0. The zero-order chi connectivity index (χ0) is 13.7. The van der Waals surface area contributed by atoms with E-state index in [1.165, 1.54) is 32.5 Å². The fourth-order valence-electron chi connectivity index (χ4n) is 2.58. The number of rotatable bonds is 5. The van der Waals surface area contributed by atoms with Crippen molar-refractivity contribution >= 4 is 23.2 Å². The maximum Gasteiger partial charge on any atom is 0.0465 e. The first-order valence-electron chi connectivity index (χ1n) is 7.06. The number of halogens is 2. The monoisotopic (exact) mass is 300 g/mol. The topological polar surface area (TPSA) is 15.3 Å². The van der Waals surface area contributed by atoms with E-state index in [4.69, 9.17) is 23.2 Å². The Bertz CT molecular complexity index is 401. The van der Waals surface area contributed by atoms with Crippen LogP contribution in [-0.2, 0) is 6.54 Å². The van der Waals surface area contributed by atoms with E-state index in [-0.39, 0.29) is 0 Å². The zero-order valence-corrected chi connectivity index (χ0v) is 13.0. The summed E-state index contributed by atoms with van der Waals surface area (Å²) in [5.74, 6) is 0.800. The van der Waals surface area contributed by atoms with Crippen LogP contribution in [0.1, 0.15) is 25.3 Å². The van der Waals surface area contributed by atoms with Gasteiger partial charge in [-0.3, -0.25) is 0 Å². The van der Waals surface area contributed by atoms with Crippen molar-refractivity contribution in [2.75, 3.05) is 26.2 Å². The van der Waals surface area contributed by atoms with Crippen LogP contribution in [0.15, 0.2) is 18.2 Å². The molecule has 1 N–H and O–H groups in total. The highest BCUT2D eigenvalue weighted by molar-refractivity contribution is 6.35. The fraction of sp³-hybridized carbons (Fsp3) is 0.600. The number of piperidine rings is 1. The molecule has 0 bridgehead atoms. The maximum atomic E-state index is 6.16. The summed E-state index contributed by atoms with van der Waals surface area (Å²) in [5.41, 5.74) is 1.12. The summed E-state index contributed by atoms with van der Waals surface area (Å²) in [6.45, 7) is 7.80. The van der Waals surface area contributed by atoms with Crippen molar-refractivity contribution in [1.29, 1.82) is 0 Å². The Labute approximate surface area is 126 Å². The molecule has 1 aromatic carbocycles. The number of hydrogen-bond acceptors (Lipinski definition) is 2. The van der Waals surface area contributed by atoms with Crippen molar-refractivity contribution in [2.24, 2.45) is 5.92 Å². The molecule has 0 aromatic heterocycles. The summed E-state index contributed by atoms with van der Waals surface area (Å²) in [5, 5.41) is 4.96. The number of likely N-dealkylation sites (tertiary alicyclic amines) is 1. The van der Waals surface area contributed by atoms with Crippen LogP contribution in [0.2, 0.25) is 10.0 Å². The molecular formula is C15H22Cl2N2. The van der Waals surface area contributed by atoms with Gasteiger partial charge < -0.3 is 10.2 Å². The predicted molar refractivity (Wildman–Crippen MR) is 83.0 cm³/mol. The lowest BCUT2D eigenvalue weighted by Gasteiger charge is -2.31. The highest BCUT2D eigenvalue weighted by Gasteiger charge is 2.17. The molecule has 0 spiro atoms. The molecule has 1 aromatic rings. The molecule has 1 saturated heterocycles. The predicted octanol–water partition coefficient (Wildman–Crippen LogP) is 3.81. The van der Waals surface area contributed by atoms with E-state index in [1.807, 2.05) is 12.1 Å². The lowest BCUT2D eigenvalue weighted by molar-refractivity contribution is 0.190. The van der Waals surface area contributed by atoms with Gasteiger partial charge in [0.2, 0.25) is 0 Å². The Morgan fingerprint density at radius 1 is 1.26 bits per heavy atom. The van der Waals surface area contributed by atoms with E-state index >= 15 is 0 Å². The van der Waals surface area contributed by atoms with Gasteiger partial charge in [-0.1, -0.05) is 36.2 Å². The van der Waals surface area contributed by atoms with Gasteiger partial charge in [0.05, 0.1) is 0 Å². The molecule has 2 nitrogen and oxygen atoms in total. The summed E-state index contributed by atoms with van der Waals surface area (Å²) in [6.07, 6.45) is 2.60. The van der Waals surface area contributed by atoms with Gasteiger partial charge in [-0.05, 0) is 62.6 Å². The second-order valence-corrected chi connectivity index (χ2v) is 6.09. The first-order chi connectivity index (χ1) is 9.19. The van der Waals surface area contributed by atoms with Crippen LogP contribution in [0.25, 0.3) is 0 Å². The molecule has 19 heavy (non-hydrogen) atoms. The molecule has 0 amide bonds. The largest absolute Gasteiger partial charge is 0.312 e. The number of benzene rings is 1. The van der Waals surface area contributed by atoms with Crippen LogP contribution < -0.4 is 5.32 Å². The van der Waals surface area contributed by atoms with Crippen LogP contribution in [0.4, 0.5) is 0 Å². The zero-order valence-electron chi connectivity index (χ0n) is 11.5. The first-order valence-corrected chi connectivity index (χ1v) is 7.81. The third-order valence-corrected chi connectivity index (χ3v) is 4.50. The Morgan fingerprint density at radius 3 is 2.63 bits per heavy atom. The minimum atomic E-state index is 0.695. The first kappa shape index (κ1) is 15.1. The summed E-state index contributed by atoms with van der Waals surface area (Å²) in [7, 11) is 0. The van der Waals surface area contributed by atoms with E-state index in [0.29, 0.717) is 5.02 Å². The Hall–Kier alpha value is -0.280. The molecular weight excluding hydrogens is 279 g/mol. The van der Waals surface area contributed by atoms with Crippen molar-refractivity contribution < 1.29 is 0 Å². The molecule has 0 aliphatic carbocycles. The molecule has 4 heteroatoms. The third kappa shape index (κ3) is 4.64. The Kier molecular flexibility index (Phi) is 5.96. The number of hydrogen-bond donors (Lipinski definition) is 1. The lowest BCUT2D eigenvalue weighted by Crippen LogP contribution is -2.36. The Balaban J connectivity index is 1.72. The average Bonchev–Trinajstić information content (AvgIpc) is 2.42. The van der Waals surface area contributed by atoms with Gasteiger partial charge in [0.1, 0.15) is 0 Å². The van der Waals surface area contributed by atoms with E-state index in [2.05, 4.69) is 17.1 Å². The third-order valence-electron chi connectivity index (χ3n) is 3.92. The highest BCUT2D eigenvalue weighted by Crippen LogP contribution is 2.21. The van der Waals surface area contributed by atoms with E-state index < -0.39 is 0 Å². The van der Waals surface area contributed by atoms with Gasteiger partial charge in [0.15, 0.2) is 0 Å². The quantitative estimate of drug-likeness (QED) is 0.889. The van der Waals surface area contributed by atoms with E-state index in [1.54, 1.807) is 6.07 Å². The highest BCUT2D eigenvalue weighted by atomic mass is 35.5. The SMILES string of the molecule is CCN1CCC(CNCc2ccc(Cl)cc2Cl)CC1. The lowest BCUT2D eigenvalue weighted by atomic mass is 9.97. The van der Waals surface area contributed by atoms with Gasteiger partial charge in [0, 0.05) is 16.6 Å². The van der Waals surface area contributed by atoms with Gasteiger partial charge >= 0.3 is 0 Å². The minimum absolute atomic E-state index is 0.695. The van der Waals surface area contributed by atoms with E-state index in [0.717, 1.165) is 29.6 Å². The van der Waals surface area contributed by atoms with Gasteiger partial charge in [-0.25, -0.2) is 0 Å². The van der Waals surface area contributed by atoms with Crippen LogP contribution in [-0.4, -0.2) is 31.1 Å². The molecule has 1 aliphatic heterocycles. The van der Waals surface area contributed by atoms with Gasteiger partial charge in [-0.15, -0.1) is 0 Å². The molecule has 0 saturated carbocycles. The summed E-state index contributed by atoms with van der Waals surface area (Å²) < 4.78 is 0. The second-order valence-electron chi connectivity index (χ2n) is 5.24. The van der Waals surface area contributed by atoms with Crippen molar-refractivity contribution in [1.82, 2.24) is 10.2 Å². The summed E-state index contributed by atoms with van der Waals surface area (Å²) in [6, 6.07) is 5.70. The molecule has 2 rings (SSSR count). The number of nitrogens with zero attached hydrogens (tertiary/aromatic N) is 1. The molecule has 1 fully saturated rings. The van der Waals surface area contributed by atoms with Crippen LogP contribution >= 0.6 is 23.2 Å².